The summed E-state index contributed by atoms with van der Waals surface area (Å²) in [5.41, 5.74) is 5.32. The molecule has 0 bridgehead atoms. The molecule has 8 heterocycles. The first-order valence-electron chi connectivity index (χ1n) is 15.1. The summed E-state index contributed by atoms with van der Waals surface area (Å²) < 4.78 is 20.8. The van der Waals surface area contributed by atoms with Crippen molar-refractivity contribution in [3.63, 3.8) is 0 Å². The Bertz CT molecular complexity index is 1860. The molecule has 3 fully saturated rings. The molecular formula is C31H36N10O3. The van der Waals surface area contributed by atoms with Gasteiger partial charge in [-0.1, -0.05) is 0 Å². The number of methoxy groups -OCH3 is 2. The molecule has 3 aliphatic heterocycles. The predicted octanol–water partition coefficient (Wildman–Crippen LogP) is 2.44. The molecule has 5 aromatic heterocycles. The standard InChI is InChI=1S/C31H36N10O3/c1-19-20-16-33-41(23(20)13-22(34-19)21-15-32-6-5-26(21)43-4)28-14-24-29(30(35-28)40-17-27-25(40)18-44-27)36-31(37(24)2)39-9-7-38(8-10-39)11-12-42-3/h5-6,13-16,25,27H,7-12,17-18H2,1-4H3. The molecule has 228 valence electrons. The number of aryl methyl sites for hydroxylation is 2. The van der Waals surface area contributed by atoms with E-state index in [0.717, 1.165) is 108 Å². The molecule has 44 heavy (non-hydrogen) atoms. The number of hydrogen-bond donors (Lipinski definition) is 0. The minimum absolute atomic E-state index is 0.273. The van der Waals surface area contributed by atoms with Gasteiger partial charge in [-0.05, 0) is 19.1 Å². The lowest BCUT2D eigenvalue weighted by Gasteiger charge is -2.55. The number of aromatic nitrogens is 7. The SMILES string of the molecule is COCCN1CCN(c2nc3c(N4CC5OCC54)nc(-n4ncc5c(C)nc(-c6cnccc6OC)cc54)cc3n2C)CC1. The number of imidazole rings is 1. The molecule has 2 atom stereocenters. The van der Waals surface area contributed by atoms with Gasteiger partial charge in [0.05, 0.1) is 61.0 Å². The van der Waals surface area contributed by atoms with Crippen molar-refractivity contribution in [1.29, 1.82) is 0 Å². The number of fused-ring (bicyclic) bond motifs is 3. The van der Waals surface area contributed by atoms with Gasteiger partial charge in [0.2, 0.25) is 5.95 Å². The van der Waals surface area contributed by atoms with Crippen LogP contribution in [0.25, 0.3) is 39.0 Å². The van der Waals surface area contributed by atoms with E-state index < -0.39 is 0 Å². The largest absolute Gasteiger partial charge is 0.496 e. The van der Waals surface area contributed by atoms with Crippen LogP contribution in [-0.2, 0) is 16.5 Å². The molecular weight excluding hydrogens is 560 g/mol. The van der Waals surface area contributed by atoms with Gasteiger partial charge in [0, 0.05) is 83.0 Å². The Morgan fingerprint density at radius 3 is 2.61 bits per heavy atom. The Balaban J connectivity index is 1.23. The van der Waals surface area contributed by atoms with Crippen molar-refractivity contribution in [3.05, 3.63) is 42.5 Å². The van der Waals surface area contributed by atoms with Crippen LogP contribution in [0.4, 0.5) is 11.8 Å². The fourth-order valence-electron chi connectivity index (χ4n) is 6.60. The lowest BCUT2D eigenvalue weighted by atomic mass is 9.94. The smallest absolute Gasteiger partial charge is 0.206 e. The molecule has 0 aromatic carbocycles. The first kappa shape index (κ1) is 27.2. The van der Waals surface area contributed by atoms with Gasteiger partial charge in [0.1, 0.15) is 11.3 Å². The molecule has 13 heteroatoms. The zero-order valence-corrected chi connectivity index (χ0v) is 25.5. The molecule has 0 spiro atoms. The zero-order chi connectivity index (χ0) is 29.9. The monoisotopic (exact) mass is 596 g/mol. The first-order chi connectivity index (χ1) is 21.5. The lowest BCUT2D eigenvalue weighted by molar-refractivity contribution is -0.113. The van der Waals surface area contributed by atoms with E-state index >= 15 is 0 Å². The second-order valence-corrected chi connectivity index (χ2v) is 11.7. The van der Waals surface area contributed by atoms with E-state index in [1.165, 1.54) is 0 Å². The summed E-state index contributed by atoms with van der Waals surface area (Å²) >= 11 is 0. The van der Waals surface area contributed by atoms with Gasteiger partial charge >= 0.3 is 0 Å². The fourth-order valence-corrected chi connectivity index (χ4v) is 6.60. The van der Waals surface area contributed by atoms with Gasteiger partial charge in [-0.25, -0.2) is 14.6 Å². The Kier molecular flexibility index (Phi) is 6.61. The molecule has 3 saturated heterocycles. The minimum atomic E-state index is 0.273. The van der Waals surface area contributed by atoms with Crippen LogP contribution >= 0.6 is 0 Å². The Labute approximate surface area is 255 Å². The molecule has 0 amide bonds. The zero-order valence-electron chi connectivity index (χ0n) is 25.5. The third-order valence-electron chi connectivity index (χ3n) is 9.29. The molecule has 2 unspecified atom stereocenters. The van der Waals surface area contributed by atoms with E-state index in [1.807, 2.05) is 29.9 Å². The van der Waals surface area contributed by atoms with Crippen LogP contribution in [0.2, 0.25) is 0 Å². The van der Waals surface area contributed by atoms with Crippen LogP contribution < -0.4 is 14.5 Å². The number of anilines is 2. The number of nitrogens with zero attached hydrogens (tertiary/aromatic N) is 10. The van der Waals surface area contributed by atoms with Crippen LogP contribution in [0.5, 0.6) is 5.75 Å². The van der Waals surface area contributed by atoms with Gasteiger partial charge in [0.25, 0.3) is 0 Å². The molecule has 5 aromatic rings. The predicted molar refractivity (Wildman–Crippen MR) is 167 cm³/mol. The van der Waals surface area contributed by atoms with Crippen molar-refractivity contribution in [2.24, 2.45) is 7.05 Å². The van der Waals surface area contributed by atoms with Crippen LogP contribution in [0.15, 0.2) is 36.8 Å². The summed E-state index contributed by atoms with van der Waals surface area (Å²) in [7, 11) is 5.52. The van der Waals surface area contributed by atoms with Crippen LogP contribution in [0.1, 0.15) is 5.69 Å². The highest BCUT2D eigenvalue weighted by Crippen LogP contribution is 2.39. The van der Waals surface area contributed by atoms with E-state index in [4.69, 9.17) is 34.3 Å². The van der Waals surface area contributed by atoms with Crippen LogP contribution in [-0.4, -0.2) is 118 Å². The van der Waals surface area contributed by atoms with Gasteiger partial charge in [0.15, 0.2) is 11.6 Å². The van der Waals surface area contributed by atoms with Crippen molar-refractivity contribution in [2.75, 3.05) is 76.5 Å². The number of rotatable bonds is 8. The fraction of sp³-hybridized carbons (Fsp3) is 0.452. The Morgan fingerprint density at radius 1 is 1.02 bits per heavy atom. The molecule has 3 aliphatic rings. The maximum atomic E-state index is 5.75. The number of pyridine rings is 3. The number of hydrogen-bond acceptors (Lipinski definition) is 11. The topological polar surface area (TPSA) is 112 Å². The van der Waals surface area contributed by atoms with Crippen LogP contribution in [0, 0.1) is 6.92 Å². The van der Waals surface area contributed by atoms with E-state index in [0.29, 0.717) is 12.6 Å². The van der Waals surface area contributed by atoms with E-state index in [1.54, 1.807) is 26.6 Å². The van der Waals surface area contributed by atoms with Gasteiger partial charge in [-0.2, -0.15) is 5.10 Å². The van der Waals surface area contributed by atoms with Crippen molar-refractivity contribution in [3.8, 4) is 22.8 Å². The third kappa shape index (κ3) is 4.29. The van der Waals surface area contributed by atoms with Crippen molar-refractivity contribution >= 4 is 33.7 Å². The average molecular weight is 597 g/mol. The number of ether oxygens (including phenoxy) is 3. The van der Waals surface area contributed by atoms with Crippen LogP contribution in [0.3, 0.4) is 0 Å². The summed E-state index contributed by atoms with van der Waals surface area (Å²) in [5.74, 6) is 3.30. The highest BCUT2D eigenvalue weighted by Gasteiger charge is 2.49. The summed E-state index contributed by atoms with van der Waals surface area (Å²) in [4.78, 5) is 26.8. The molecule has 0 N–H and O–H groups in total. The van der Waals surface area contributed by atoms with E-state index in [9.17, 15) is 0 Å². The molecule has 13 nitrogen and oxygen atoms in total. The van der Waals surface area contributed by atoms with E-state index in [-0.39, 0.29) is 6.10 Å². The Morgan fingerprint density at radius 2 is 1.89 bits per heavy atom. The first-order valence-corrected chi connectivity index (χ1v) is 15.1. The highest BCUT2D eigenvalue weighted by molar-refractivity contribution is 5.92. The summed E-state index contributed by atoms with van der Waals surface area (Å²) in [6.45, 7) is 9.01. The number of morpholine rings is 1. The average Bonchev–Trinajstić information content (AvgIpc) is 3.62. The molecule has 0 aliphatic carbocycles. The Hall–Kier alpha value is -4.33. The van der Waals surface area contributed by atoms with Gasteiger partial charge in [-0.15, -0.1) is 0 Å². The highest BCUT2D eigenvalue weighted by atomic mass is 16.5. The summed E-state index contributed by atoms with van der Waals surface area (Å²) in [5, 5.41) is 5.80. The number of piperazine rings is 1. The molecule has 8 rings (SSSR count). The van der Waals surface area contributed by atoms with Gasteiger partial charge in [-0.3, -0.25) is 14.9 Å². The molecule has 0 saturated carbocycles. The molecule has 0 radical (unpaired) electrons. The van der Waals surface area contributed by atoms with Crippen molar-refractivity contribution in [1.82, 2.24) is 39.2 Å². The van der Waals surface area contributed by atoms with E-state index in [2.05, 4.69) is 37.4 Å². The second-order valence-electron chi connectivity index (χ2n) is 11.7. The van der Waals surface area contributed by atoms with Gasteiger partial charge < -0.3 is 28.6 Å². The van der Waals surface area contributed by atoms with Crippen molar-refractivity contribution < 1.29 is 14.2 Å². The lowest BCUT2D eigenvalue weighted by Crippen LogP contribution is -2.71. The second kappa shape index (κ2) is 10.7. The normalized spacial score (nSPS) is 20.2. The summed E-state index contributed by atoms with van der Waals surface area (Å²) in [6.07, 6.45) is 5.64. The quantitative estimate of drug-likeness (QED) is 0.263. The minimum Gasteiger partial charge on any atom is -0.496 e. The maximum absolute atomic E-state index is 5.75. The maximum Gasteiger partial charge on any atom is 0.206 e. The van der Waals surface area contributed by atoms with Crippen molar-refractivity contribution in [2.45, 2.75) is 19.1 Å². The summed E-state index contributed by atoms with van der Waals surface area (Å²) in [6, 6.07) is 6.32. The third-order valence-corrected chi connectivity index (χ3v) is 9.29.